The maximum Gasteiger partial charge on any atom is 0.348 e. The van der Waals surface area contributed by atoms with Crippen molar-refractivity contribution >= 4 is 44.0 Å². The van der Waals surface area contributed by atoms with Crippen molar-refractivity contribution in [1.82, 2.24) is 5.32 Å². The lowest BCUT2D eigenvalue weighted by molar-refractivity contribution is -0.116. The lowest BCUT2D eigenvalue weighted by Crippen LogP contribution is -2.21. The average Bonchev–Trinajstić information content (AvgIpc) is 3.03. The van der Waals surface area contributed by atoms with Gasteiger partial charge in [0, 0.05) is 13.5 Å². The number of hydrogen-bond acceptors (Lipinski definition) is 7. The summed E-state index contributed by atoms with van der Waals surface area (Å²) in [6.07, 6.45) is -0.102. The lowest BCUT2D eigenvalue weighted by Gasteiger charge is -2.07. The molecule has 2 rings (SSSR count). The van der Waals surface area contributed by atoms with Crippen LogP contribution < -0.4 is 10.6 Å². The quantitative estimate of drug-likeness (QED) is 0.430. The van der Waals surface area contributed by atoms with Crippen molar-refractivity contribution in [3.8, 4) is 0 Å². The van der Waals surface area contributed by atoms with E-state index in [1.807, 2.05) is 0 Å². The van der Waals surface area contributed by atoms with Gasteiger partial charge in [0.25, 0.3) is 5.91 Å². The van der Waals surface area contributed by atoms with E-state index in [0.29, 0.717) is 5.56 Å². The van der Waals surface area contributed by atoms with E-state index < -0.39 is 33.4 Å². The molecule has 0 radical (unpaired) electrons. The normalized spacial score (nSPS) is 11.1. The molecule has 8 nitrogen and oxygen atoms in total. The molecule has 2 amide bonds. The summed E-state index contributed by atoms with van der Waals surface area (Å²) in [5, 5.41) is 5.23. The standard InChI is InChI=1S/C20H23FN2O6S2/c1-4-29-20(26)17-12(2)16(18(25)22-3)19(30-17)23-15(24)6-5-11-31(27,28)14-9-7-13(21)8-10-14/h7-10H,4-6,11H2,1-3H3,(H,22,25)(H,23,24). The van der Waals surface area contributed by atoms with Gasteiger partial charge in [0.1, 0.15) is 15.7 Å². The van der Waals surface area contributed by atoms with E-state index in [-0.39, 0.29) is 45.5 Å². The van der Waals surface area contributed by atoms with Gasteiger partial charge in [-0.2, -0.15) is 0 Å². The number of thiophene rings is 1. The van der Waals surface area contributed by atoms with Crippen LogP contribution in [-0.4, -0.2) is 45.6 Å². The number of ether oxygens (including phenoxy) is 1. The van der Waals surface area contributed by atoms with Crippen molar-refractivity contribution < 1.29 is 31.9 Å². The predicted octanol–water partition coefficient (Wildman–Crippen LogP) is 2.92. The first kappa shape index (κ1) is 24.5. The van der Waals surface area contributed by atoms with Crippen LogP contribution in [0.3, 0.4) is 0 Å². The molecule has 31 heavy (non-hydrogen) atoms. The summed E-state index contributed by atoms with van der Waals surface area (Å²) in [7, 11) is -2.23. The van der Waals surface area contributed by atoms with Crippen molar-refractivity contribution in [3.63, 3.8) is 0 Å². The molecule has 0 saturated carbocycles. The molecule has 0 saturated heterocycles. The topological polar surface area (TPSA) is 119 Å². The van der Waals surface area contributed by atoms with E-state index >= 15 is 0 Å². The van der Waals surface area contributed by atoms with Gasteiger partial charge in [0.05, 0.1) is 22.8 Å². The summed E-state index contributed by atoms with van der Waals surface area (Å²) in [4.78, 5) is 36.9. The number of carbonyl (C=O) groups excluding carboxylic acids is 3. The van der Waals surface area contributed by atoms with Crippen LogP contribution in [0.4, 0.5) is 9.39 Å². The number of benzene rings is 1. The Hall–Kier alpha value is -2.79. The van der Waals surface area contributed by atoms with E-state index in [9.17, 15) is 27.2 Å². The second kappa shape index (κ2) is 10.5. The van der Waals surface area contributed by atoms with Gasteiger partial charge in [-0.25, -0.2) is 17.6 Å². The van der Waals surface area contributed by atoms with Crippen LogP contribution in [0.15, 0.2) is 29.2 Å². The molecule has 0 fully saturated rings. The maximum atomic E-state index is 13.0. The molecule has 1 aromatic heterocycles. The van der Waals surface area contributed by atoms with Gasteiger partial charge >= 0.3 is 5.97 Å². The van der Waals surface area contributed by atoms with Crippen LogP contribution in [-0.2, 0) is 19.4 Å². The molecule has 0 bridgehead atoms. The van der Waals surface area contributed by atoms with Crippen LogP contribution in [0.5, 0.6) is 0 Å². The smallest absolute Gasteiger partial charge is 0.348 e. The Balaban J connectivity index is 2.09. The van der Waals surface area contributed by atoms with Crippen molar-refractivity contribution in [1.29, 1.82) is 0 Å². The van der Waals surface area contributed by atoms with Gasteiger partial charge < -0.3 is 15.4 Å². The van der Waals surface area contributed by atoms with Crippen LogP contribution in [0.1, 0.15) is 45.4 Å². The number of nitrogens with one attached hydrogen (secondary N) is 2. The highest BCUT2D eigenvalue weighted by Crippen LogP contribution is 2.33. The number of amides is 2. The minimum Gasteiger partial charge on any atom is -0.462 e. The monoisotopic (exact) mass is 470 g/mol. The molecular formula is C20H23FN2O6S2. The van der Waals surface area contributed by atoms with Gasteiger partial charge in [-0.3, -0.25) is 9.59 Å². The first-order valence-electron chi connectivity index (χ1n) is 9.41. The van der Waals surface area contributed by atoms with Crippen LogP contribution in [0, 0.1) is 12.7 Å². The van der Waals surface area contributed by atoms with Crippen LogP contribution in [0.25, 0.3) is 0 Å². The zero-order chi connectivity index (χ0) is 23.2. The summed E-state index contributed by atoms with van der Waals surface area (Å²) in [5.74, 6) is -2.42. The second-order valence-electron chi connectivity index (χ2n) is 6.48. The zero-order valence-electron chi connectivity index (χ0n) is 17.3. The molecular weight excluding hydrogens is 447 g/mol. The Bertz CT molecular complexity index is 1080. The van der Waals surface area contributed by atoms with Crippen LogP contribution >= 0.6 is 11.3 Å². The summed E-state index contributed by atoms with van der Waals surface area (Å²) in [6.45, 7) is 3.40. The minimum atomic E-state index is -3.66. The van der Waals surface area contributed by atoms with Crippen molar-refractivity contribution in [2.45, 2.75) is 31.6 Å². The van der Waals surface area contributed by atoms with Crippen molar-refractivity contribution in [3.05, 3.63) is 46.1 Å². The lowest BCUT2D eigenvalue weighted by atomic mass is 10.1. The Morgan fingerprint density at radius 2 is 1.81 bits per heavy atom. The first-order valence-corrected chi connectivity index (χ1v) is 11.9. The fourth-order valence-corrected chi connectivity index (χ4v) is 5.19. The summed E-state index contributed by atoms with van der Waals surface area (Å²) >= 11 is 0.922. The number of sulfone groups is 1. The van der Waals surface area contributed by atoms with E-state index in [2.05, 4.69) is 10.6 Å². The van der Waals surface area contributed by atoms with Crippen molar-refractivity contribution in [2.75, 3.05) is 24.7 Å². The molecule has 168 valence electrons. The molecule has 0 atom stereocenters. The SMILES string of the molecule is CCOC(=O)c1sc(NC(=O)CCCS(=O)(=O)c2ccc(F)cc2)c(C(=O)NC)c1C. The fraction of sp³-hybridized carbons (Fsp3) is 0.350. The molecule has 0 aliphatic rings. The molecule has 1 aromatic carbocycles. The minimum absolute atomic E-state index is 0.0238. The van der Waals surface area contributed by atoms with Gasteiger partial charge in [-0.05, 0) is 50.1 Å². The third-order valence-electron chi connectivity index (χ3n) is 4.30. The highest BCUT2D eigenvalue weighted by molar-refractivity contribution is 7.91. The Morgan fingerprint density at radius 3 is 2.39 bits per heavy atom. The maximum absolute atomic E-state index is 13.0. The van der Waals surface area contributed by atoms with Gasteiger partial charge in [0.15, 0.2) is 9.84 Å². The third-order valence-corrected chi connectivity index (χ3v) is 7.31. The Kier molecular flexibility index (Phi) is 8.28. The summed E-state index contributed by atoms with van der Waals surface area (Å²) < 4.78 is 42.5. The fourth-order valence-electron chi connectivity index (χ4n) is 2.76. The van der Waals surface area contributed by atoms with E-state index in [0.717, 1.165) is 23.5 Å². The molecule has 2 aromatic rings. The molecule has 1 heterocycles. The molecule has 0 aliphatic carbocycles. The molecule has 2 N–H and O–H groups in total. The van der Waals surface area contributed by atoms with Crippen LogP contribution in [0.2, 0.25) is 0 Å². The Morgan fingerprint density at radius 1 is 1.16 bits per heavy atom. The Labute approximate surface area is 183 Å². The van der Waals surface area contributed by atoms with Crippen molar-refractivity contribution in [2.24, 2.45) is 0 Å². The number of carbonyl (C=O) groups is 3. The molecule has 11 heteroatoms. The third kappa shape index (κ3) is 6.11. The number of hydrogen-bond donors (Lipinski definition) is 2. The number of rotatable bonds is 9. The van der Waals surface area contributed by atoms with Gasteiger partial charge in [0.2, 0.25) is 5.91 Å². The molecule has 0 spiro atoms. The van der Waals surface area contributed by atoms with E-state index in [1.165, 1.54) is 19.2 Å². The summed E-state index contributed by atoms with van der Waals surface area (Å²) in [5.41, 5.74) is 0.542. The van der Waals surface area contributed by atoms with Gasteiger partial charge in [-0.1, -0.05) is 0 Å². The predicted molar refractivity (Wildman–Crippen MR) is 115 cm³/mol. The zero-order valence-corrected chi connectivity index (χ0v) is 18.9. The summed E-state index contributed by atoms with van der Waals surface area (Å²) in [6, 6.07) is 4.46. The highest BCUT2D eigenvalue weighted by atomic mass is 32.2. The van der Waals surface area contributed by atoms with Gasteiger partial charge in [-0.15, -0.1) is 11.3 Å². The first-order chi connectivity index (χ1) is 14.6. The molecule has 0 unspecified atom stereocenters. The second-order valence-corrected chi connectivity index (χ2v) is 9.61. The van der Waals surface area contributed by atoms with E-state index in [1.54, 1.807) is 13.8 Å². The largest absolute Gasteiger partial charge is 0.462 e. The van der Waals surface area contributed by atoms with E-state index in [4.69, 9.17) is 4.74 Å². The molecule has 0 aliphatic heterocycles. The number of anilines is 1. The highest BCUT2D eigenvalue weighted by Gasteiger charge is 2.26. The number of halogens is 1. The average molecular weight is 471 g/mol. The number of esters is 1.